The third-order valence-corrected chi connectivity index (χ3v) is 1.65. The highest BCUT2D eigenvalue weighted by molar-refractivity contribution is 5.97. The van der Waals surface area contributed by atoms with Crippen LogP contribution in [0.2, 0.25) is 0 Å². The van der Waals surface area contributed by atoms with Gasteiger partial charge in [0.05, 0.1) is 12.1 Å². The fourth-order valence-corrected chi connectivity index (χ4v) is 0.966. The molecule has 0 fully saturated rings. The van der Waals surface area contributed by atoms with Crippen LogP contribution in [0.3, 0.4) is 0 Å². The highest BCUT2D eigenvalue weighted by Crippen LogP contribution is 2.12. The summed E-state index contributed by atoms with van der Waals surface area (Å²) in [6.07, 6.45) is -0.165. The summed E-state index contributed by atoms with van der Waals surface area (Å²) in [5.74, 6) is -1.39. The van der Waals surface area contributed by atoms with Crippen LogP contribution < -0.4 is 5.43 Å². The van der Waals surface area contributed by atoms with Gasteiger partial charge in [-0.15, -0.1) is 0 Å². The first-order valence-corrected chi connectivity index (χ1v) is 4.35. The van der Waals surface area contributed by atoms with Crippen molar-refractivity contribution in [1.82, 2.24) is 0 Å². The molecule has 5 heteroatoms. The van der Waals surface area contributed by atoms with Crippen LogP contribution in [-0.4, -0.2) is 16.8 Å². The number of anilines is 1. The van der Waals surface area contributed by atoms with Gasteiger partial charge in [0.1, 0.15) is 5.82 Å². The fraction of sp³-hybridized carbons (Fsp3) is 0.200. The minimum absolute atomic E-state index is 0.165. The highest BCUT2D eigenvalue weighted by atomic mass is 19.1. The summed E-state index contributed by atoms with van der Waals surface area (Å²) >= 11 is 0. The van der Waals surface area contributed by atoms with E-state index in [1.807, 2.05) is 0 Å². The Balaban J connectivity index is 2.64. The minimum Gasteiger partial charge on any atom is -0.481 e. The maximum absolute atomic E-state index is 13.1. The van der Waals surface area contributed by atoms with Crippen molar-refractivity contribution in [3.05, 3.63) is 30.1 Å². The lowest BCUT2D eigenvalue weighted by atomic mass is 10.3. The molecule has 0 unspecified atom stereocenters. The van der Waals surface area contributed by atoms with E-state index in [4.69, 9.17) is 5.11 Å². The number of benzene rings is 1. The number of hydrogen-bond donors (Lipinski definition) is 2. The fourth-order valence-electron chi connectivity index (χ4n) is 0.966. The Morgan fingerprint density at radius 1 is 1.53 bits per heavy atom. The molecule has 0 aliphatic rings. The number of rotatable bonds is 4. The molecule has 2 N–H and O–H groups in total. The second kappa shape index (κ2) is 5.09. The zero-order valence-electron chi connectivity index (χ0n) is 8.20. The maximum Gasteiger partial charge on any atom is 0.309 e. The van der Waals surface area contributed by atoms with E-state index < -0.39 is 11.8 Å². The largest absolute Gasteiger partial charge is 0.481 e. The molecule has 1 aromatic rings. The second-order valence-corrected chi connectivity index (χ2v) is 3.01. The number of hydrazone groups is 1. The molecule has 0 aromatic heterocycles. The SMILES string of the molecule is CC(CC(=O)O)=NNc1ccccc1F. The molecule has 15 heavy (non-hydrogen) atoms. The van der Waals surface area contributed by atoms with Gasteiger partial charge in [-0.25, -0.2) is 4.39 Å². The molecular weight excluding hydrogens is 199 g/mol. The Bertz CT molecular complexity index is 391. The third-order valence-electron chi connectivity index (χ3n) is 1.65. The number of nitrogens with one attached hydrogen (secondary N) is 1. The second-order valence-electron chi connectivity index (χ2n) is 3.01. The lowest BCUT2D eigenvalue weighted by Gasteiger charge is -2.02. The summed E-state index contributed by atoms with van der Waals surface area (Å²) in [7, 11) is 0. The van der Waals surface area contributed by atoms with E-state index in [0.717, 1.165) is 0 Å². The van der Waals surface area contributed by atoms with Gasteiger partial charge >= 0.3 is 5.97 Å². The topological polar surface area (TPSA) is 61.7 Å². The van der Waals surface area contributed by atoms with Crippen molar-refractivity contribution < 1.29 is 14.3 Å². The van der Waals surface area contributed by atoms with E-state index in [2.05, 4.69) is 10.5 Å². The van der Waals surface area contributed by atoms with Crippen LogP contribution in [0.5, 0.6) is 0 Å². The highest BCUT2D eigenvalue weighted by Gasteiger charge is 2.01. The van der Waals surface area contributed by atoms with Crippen LogP contribution >= 0.6 is 0 Å². The molecule has 0 aliphatic carbocycles. The average molecular weight is 210 g/mol. The number of carbonyl (C=O) groups is 1. The van der Waals surface area contributed by atoms with Gasteiger partial charge in [-0.1, -0.05) is 12.1 Å². The van der Waals surface area contributed by atoms with Gasteiger partial charge < -0.3 is 5.11 Å². The van der Waals surface area contributed by atoms with Crippen molar-refractivity contribution in [1.29, 1.82) is 0 Å². The molecule has 0 bridgehead atoms. The standard InChI is InChI=1S/C10H11FN2O2/c1-7(6-10(14)15)12-13-9-5-3-2-4-8(9)11/h2-5,13H,6H2,1H3,(H,14,15). The Hall–Kier alpha value is -1.91. The van der Waals surface area contributed by atoms with Gasteiger partial charge in [0.25, 0.3) is 0 Å². The quantitative estimate of drug-likeness (QED) is 0.590. The molecule has 0 aliphatic heterocycles. The zero-order valence-corrected chi connectivity index (χ0v) is 8.20. The molecule has 0 atom stereocenters. The minimum atomic E-state index is -0.966. The average Bonchev–Trinajstić information content (AvgIpc) is 2.15. The van der Waals surface area contributed by atoms with E-state index in [-0.39, 0.29) is 12.1 Å². The smallest absolute Gasteiger partial charge is 0.309 e. The summed E-state index contributed by atoms with van der Waals surface area (Å²) < 4.78 is 13.1. The van der Waals surface area contributed by atoms with Crippen molar-refractivity contribution in [3.8, 4) is 0 Å². The van der Waals surface area contributed by atoms with Crippen molar-refractivity contribution in [2.24, 2.45) is 5.10 Å². The number of nitrogens with zero attached hydrogens (tertiary/aromatic N) is 1. The Morgan fingerprint density at radius 3 is 2.80 bits per heavy atom. The normalized spacial score (nSPS) is 11.2. The lowest BCUT2D eigenvalue weighted by Crippen LogP contribution is -2.05. The number of hydrogen-bond acceptors (Lipinski definition) is 3. The van der Waals surface area contributed by atoms with E-state index in [1.54, 1.807) is 19.1 Å². The van der Waals surface area contributed by atoms with Crippen molar-refractivity contribution in [2.75, 3.05) is 5.43 Å². The molecule has 0 spiro atoms. The molecule has 4 nitrogen and oxygen atoms in total. The van der Waals surface area contributed by atoms with Gasteiger partial charge in [-0.05, 0) is 19.1 Å². The Morgan fingerprint density at radius 2 is 2.20 bits per heavy atom. The summed E-state index contributed by atoms with van der Waals surface area (Å²) in [4.78, 5) is 10.3. The number of aliphatic carboxylic acids is 1. The zero-order chi connectivity index (χ0) is 11.3. The number of halogens is 1. The summed E-state index contributed by atoms with van der Waals surface area (Å²) in [5.41, 5.74) is 3.07. The van der Waals surface area contributed by atoms with Crippen molar-refractivity contribution in [2.45, 2.75) is 13.3 Å². The number of para-hydroxylation sites is 1. The van der Waals surface area contributed by atoms with Gasteiger partial charge in [0.2, 0.25) is 0 Å². The van der Waals surface area contributed by atoms with Gasteiger partial charge in [-0.3, -0.25) is 10.2 Å². The summed E-state index contributed by atoms with van der Waals surface area (Å²) in [5, 5.41) is 12.2. The molecule has 0 saturated heterocycles. The molecule has 1 aromatic carbocycles. The molecular formula is C10H11FN2O2. The molecule has 0 radical (unpaired) electrons. The molecule has 0 heterocycles. The lowest BCUT2D eigenvalue weighted by molar-refractivity contribution is -0.135. The molecule has 1 rings (SSSR count). The van der Waals surface area contributed by atoms with Crippen molar-refractivity contribution in [3.63, 3.8) is 0 Å². The maximum atomic E-state index is 13.1. The Kier molecular flexibility index (Phi) is 3.79. The van der Waals surface area contributed by atoms with E-state index in [1.165, 1.54) is 12.1 Å². The third kappa shape index (κ3) is 3.76. The van der Waals surface area contributed by atoms with Crippen LogP contribution in [0.15, 0.2) is 29.4 Å². The predicted molar refractivity (Wildman–Crippen MR) is 55.4 cm³/mol. The van der Waals surface area contributed by atoms with Crippen LogP contribution in [-0.2, 0) is 4.79 Å². The van der Waals surface area contributed by atoms with E-state index in [9.17, 15) is 9.18 Å². The van der Waals surface area contributed by atoms with Crippen molar-refractivity contribution >= 4 is 17.4 Å². The van der Waals surface area contributed by atoms with E-state index >= 15 is 0 Å². The van der Waals surface area contributed by atoms with Gasteiger partial charge in [0, 0.05) is 5.71 Å². The predicted octanol–water partition coefficient (Wildman–Crippen LogP) is 2.09. The molecule has 80 valence electrons. The monoisotopic (exact) mass is 210 g/mol. The Labute approximate surface area is 86.4 Å². The number of carboxylic acids is 1. The first-order chi connectivity index (χ1) is 7.09. The summed E-state index contributed by atoms with van der Waals surface area (Å²) in [6, 6.07) is 6.04. The molecule has 0 saturated carbocycles. The van der Waals surface area contributed by atoms with Crippen LogP contribution in [0.4, 0.5) is 10.1 Å². The first kappa shape index (κ1) is 11.2. The summed E-state index contributed by atoms with van der Waals surface area (Å²) in [6.45, 7) is 1.56. The van der Waals surface area contributed by atoms with Gasteiger partial charge in [-0.2, -0.15) is 5.10 Å². The molecule has 0 amide bonds. The van der Waals surface area contributed by atoms with Gasteiger partial charge in [0.15, 0.2) is 0 Å². The van der Waals surface area contributed by atoms with E-state index in [0.29, 0.717) is 5.71 Å². The number of carboxylic acid groups (broad SMARTS) is 1. The van der Waals surface area contributed by atoms with Crippen LogP contribution in [0.25, 0.3) is 0 Å². The first-order valence-electron chi connectivity index (χ1n) is 4.35. The van der Waals surface area contributed by atoms with Crippen LogP contribution in [0, 0.1) is 5.82 Å². The van der Waals surface area contributed by atoms with Crippen LogP contribution in [0.1, 0.15) is 13.3 Å².